The van der Waals surface area contributed by atoms with Crippen molar-refractivity contribution in [3.8, 4) is 0 Å². The molecule has 4 aliphatic carbocycles. The predicted molar refractivity (Wildman–Crippen MR) is 170 cm³/mol. The molecule has 0 radical (unpaired) electrons. The predicted octanol–water partition coefficient (Wildman–Crippen LogP) is 6.63. The van der Waals surface area contributed by atoms with E-state index in [1.54, 1.807) is 0 Å². The average molecular weight is 605 g/mol. The molecule has 5 aliphatic rings. The van der Waals surface area contributed by atoms with Crippen LogP contribution in [0.15, 0.2) is 11.6 Å². The van der Waals surface area contributed by atoms with E-state index >= 15 is 0 Å². The Morgan fingerprint density at radius 1 is 0.930 bits per heavy atom. The van der Waals surface area contributed by atoms with Gasteiger partial charge < -0.3 is 29.9 Å². The third-order valence-corrected chi connectivity index (χ3v) is 14.2. The Morgan fingerprint density at radius 2 is 1.70 bits per heavy atom. The first-order valence-corrected chi connectivity index (χ1v) is 18.1. The summed E-state index contributed by atoms with van der Waals surface area (Å²) in [6.07, 6.45) is 12.7. The summed E-state index contributed by atoms with van der Waals surface area (Å²) < 4.78 is 11.9. The molecule has 43 heavy (non-hydrogen) atoms. The molecule has 1 aliphatic heterocycles. The van der Waals surface area contributed by atoms with Crippen LogP contribution in [0.3, 0.4) is 0 Å². The maximum Gasteiger partial charge on any atom is 0.186 e. The summed E-state index contributed by atoms with van der Waals surface area (Å²) in [5.74, 6) is 5.68. The molecule has 0 aromatic carbocycles. The van der Waals surface area contributed by atoms with E-state index in [0.717, 1.165) is 60.7 Å². The summed E-state index contributed by atoms with van der Waals surface area (Å²) in [6.45, 7) is 14.6. The lowest BCUT2D eigenvalue weighted by Crippen LogP contribution is -2.60. The summed E-state index contributed by atoms with van der Waals surface area (Å²) in [5.41, 5.74) is 2.17. The summed E-state index contributed by atoms with van der Waals surface area (Å²) in [6, 6.07) is 0. The summed E-state index contributed by atoms with van der Waals surface area (Å²) in [4.78, 5) is 0. The number of allylic oxidation sites excluding steroid dienone is 1. The van der Waals surface area contributed by atoms with Crippen LogP contribution < -0.4 is 0 Å². The molecule has 0 bridgehead atoms. The van der Waals surface area contributed by atoms with Crippen molar-refractivity contribution in [1.82, 2.24) is 0 Å². The fraction of sp³-hybridized carbons (Fsp3) is 0.946. The molecule has 6 heteroatoms. The Hall–Kier alpha value is -0.500. The highest BCUT2D eigenvalue weighted by Gasteiger charge is 2.58. The standard InChI is InChI=1S/C37H64O6/c1-7-22(3)24(8-2)13-12-23(4)28-10-9-11-29-27-15-14-25-20-26(16-18-36(25,5)30(27)17-19-37(28,29)6)42-35-34(41)33(40)32(39)31(21-38)43-35/h14,22-24,26-35,38-41H,7-13,15-21H2,1-6H3. The van der Waals surface area contributed by atoms with Gasteiger partial charge in [0, 0.05) is 0 Å². The van der Waals surface area contributed by atoms with Gasteiger partial charge in [-0.05, 0) is 110 Å². The Bertz CT molecular complexity index is 951. The lowest BCUT2D eigenvalue weighted by molar-refractivity contribution is -0.313. The van der Waals surface area contributed by atoms with Crippen molar-refractivity contribution in [1.29, 1.82) is 0 Å². The van der Waals surface area contributed by atoms with Crippen molar-refractivity contribution in [2.75, 3.05) is 6.61 Å². The zero-order valence-corrected chi connectivity index (χ0v) is 28.1. The van der Waals surface area contributed by atoms with E-state index in [4.69, 9.17) is 9.47 Å². The summed E-state index contributed by atoms with van der Waals surface area (Å²) >= 11 is 0. The molecule has 0 amide bonds. The molecule has 1 heterocycles. The largest absolute Gasteiger partial charge is 0.394 e. The van der Waals surface area contributed by atoms with E-state index in [-0.39, 0.29) is 11.5 Å². The summed E-state index contributed by atoms with van der Waals surface area (Å²) in [5, 5.41) is 40.5. The van der Waals surface area contributed by atoms with Crippen molar-refractivity contribution in [3.63, 3.8) is 0 Å². The van der Waals surface area contributed by atoms with Gasteiger partial charge in [-0.2, -0.15) is 0 Å². The van der Waals surface area contributed by atoms with Gasteiger partial charge in [-0.3, -0.25) is 0 Å². The highest BCUT2D eigenvalue weighted by molar-refractivity contribution is 5.25. The number of hydrogen-bond donors (Lipinski definition) is 4. The topological polar surface area (TPSA) is 99.4 Å². The quantitative estimate of drug-likeness (QED) is 0.209. The van der Waals surface area contributed by atoms with Gasteiger partial charge >= 0.3 is 0 Å². The fourth-order valence-corrected chi connectivity index (χ4v) is 11.2. The first kappa shape index (κ1) is 33.9. The van der Waals surface area contributed by atoms with E-state index in [1.807, 2.05) is 0 Å². The van der Waals surface area contributed by atoms with Crippen LogP contribution in [0.5, 0.6) is 0 Å². The molecule has 0 aromatic heterocycles. The van der Waals surface area contributed by atoms with E-state index in [0.29, 0.717) is 5.41 Å². The number of aliphatic hydroxyl groups is 4. The van der Waals surface area contributed by atoms with Crippen molar-refractivity contribution in [2.45, 2.75) is 162 Å². The molecule has 15 unspecified atom stereocenters. The lowest BCUT2D eigenvalue weighted by Gasteiger charge is -2.62. The Balaban J connectivity index is 1.25. The van der Waals surface area contributed by atoms with Crippen molar-refractivity contribution < 1.29 is 29.9 Å². The van der Waals surface area contributed by atoms with Gasteiger partial charge in [-0.25, -0.2) is 0 Å². The van der Waals surface area contributed by atoms with E-state index < -0.39 is 37.3 Å². The van der Waals surface area contributed by atoms with E-state index in [1.165, 1.54) is 69.8 Å². The first-order chi connectivity index (χ1) is 20.5. The van der Waals surface area contributed by atoms with Gasteiger partial charge in [0.25, 0.3) is 0 Å². The number of fused-ring (bicyclic) bond motifs is 5. The fourth-order valence-electron chi connectivity index (χ4n) is 11.2. The lowest BCUT2D eigenvalue weighted by atomic mass is 9.42. The Morgan fingerprint density at radius 3 is 2.40 bits per heavy atom. The average Bonchev–Trinajstić information content (AvgIpc) is 3.00. The zero-order chi connectivity index (χ0) is 31.1. The van der Waals surface area contributed by atoms with Crippen LogP contribution in [0.25, 0.3) is 0 Å². The molecular formula is C37H64O6. The van der Waals surface area contributed by atoms with Crippen molar-refractivity contribution in [2.24, 2.45) is 52.3 Å². The molecule has 6 nitrogen and oxygen atoms in total. The molecule has 0 spiro atoms. The highest BCUT2D eigenvalue weighted by atomic mass is 16.7. The SMILES string of the molecule is CCC(C)C(CC)CCC(C)C1CCCC2C3CC=C4CC(OC5OC(CO)C(O)C(O)C5O)CCC4(C)C3CCC12C. The van der Waals surface area contributed by atoms with Crippen LogP contribution in [0.2, 0.25) is 0 Å². The number of rotatable bonds is 10. The van der Waals surface area contributed by atoms with Gasteiger partial charge in [-0.1, -0.05) is 78.9 Å². The molecule has 4 N–H and O–H groups in total. The zero-order valence-electron chi connectivity index (χ0n) is 28.1. The van der Waals surface area contributed by atoms with Gasteiger partial charge in [0.15, 0.2) is 6.29 Å². The van der Waals surface area contributed by atoms with Crippen LogP contribution in [0, 0.1) is 52.3 Å². The third-order valence-electron chi connectivity index (χ3n) is 14.2. The van der Waals surface area contributed by atoms with Crippen LogP contribution >= 0.6 is 0 Å². The third kappa shape index (κ3) is 6.29. The normalized spacial score (nSPS) is 47.0. The molecule has 5 rings (SSSR count). The second-order valence-electron chi connectivity index (χ2n) is 16.1. The van der Waals surface area contributed by atoms with E-state index in [2.05, 4.69) is 47.6 Å². The molecule has 3 saturated carbocycles. The molecule has 15 atom stereocenters. The van der Waals surface area contributed by atoms with Gasteiger partial charge in [0.1, 0.15) is 24.4 Å². The molecule has 0 aromatic rings. The first-order valence-electron chi connectivity index (χ1n) is 18.1. The number of aliphatic hydroxyl groups excluding tert-OH is 4. The van der Waals surface area contributed by atoms with Gasteiger partial charge in [-0.15, -0.1) is 0 Å². The monoisotopic (exact) mass is 604 g/mol. The maximum atomic E-state index is 10.5. The number of ether oxygens (including phenoxy) is 2. The smallest absolute Gasteiger partial charge is 0.186 e. The molecule has 248 valence electrons. The van der Waals surface area contributed by atoms with Gasteiger partial charge in [0.2, 0.25) is 0 Å². The molecule has 4 fully saturated rings. The van der Waals surface area contributed by atoms with E-state index in [9.17, 15) is 20.4 Å². The summed E-state index contributed by atoms with van der Waals surface area (Å²) in [7, 11) is 0. The van der Waals surface area contributed by atoms with Gasteiger partial charge in [0.05, 0.1) is 12.7 Å². The Labute approximate surface area is 262 Å². The number of hydrogen-bond acceptors (Lipinski definition) is 6. The van der Waals surface area contributed by atoms with Crippen LogP contribution in [0.1, 0.15) is 125 Å². The second-order valence-corrected chi connectivity index (χ2v) is 16.1. The minimum Gasteiger partial charge on any atom is -0.394 e. The minimum atomic E-state index is -1.40. The minimum absolute atomic E-state index is 0.103. The Kier molecular flexibility index (Phi) is 10.8. The van der Waals surface area contributed by atoms with Crippen LogP contribution in [0.4, 0.5) is 0 Å². The van der Waals surface area contributed by atoms with Crippen LogP contribution in [-0.4, -0.2) is 63.8 Å². The highest BCUT2D eigenvalue weighted by Crippen LogP contribution is 2.66. The molecular weight excluding hydrogens is 540 g/mol. The van der Waals surface area contributed by atoms with Crippen LogP contribution in [-0.2, 0) is 9.47 Å². The molecule has 1 saturated heterocycles. The van der Waals surface area contributed by atoms with Crippen molar-refractivity contribution >= 4 is 0 Å². The second kappa shape index (κ2) is 13.7. The maximum absolute atomic E-state index is 10.5. The van der Waals surface area contributed by atoms with Crippen molar-refractivity contribution in [3.05, 3.63) is 11.6 Å².